The summed E-state index contributed by atoms with van der Waals surface area (Å²) in [5.41, 5.74) is 4.41. The van der Waals surface area contributed by atoms with E-state index in [4.69, 9.17) is 4.74 Å². The van der Waals surface area contributed by atoms with Gasteiger partial charge in [-0.25, -0.2) is 9.97 Å². The van der Waals surface area contributed by atoms with Crippen molar-refractivity contribution < 1.29 is 9.53 Å². The number of ether oxygens (including phenoxy) is 1. The van der Waals surface area contributed by atoms with Crippen molar-refractivity contribution in [2.75, 3.05) is 6.61 Å². The van der Waals surface area contributed by atoms with Gasteiger partial charge in [0, 0.05) is 35.5 Å². The molecule has 4 rings (SSSR count). The number of nitrogens with zero attached hydrogens (tertiary/aromatic N) is 6. The van der Waals surface area contributed by atoms with Gasteiger partial charge in [-0.2, -0.15) is 10.2 Å². The van der Waals surface area contributed by atoms with Crippen molar-refractivity contribution in [2.45, 2.75) is 52.5 Å². The first-order valence-electron chi connectivity index (χ1n) is 13.0. The predicted molar refractivity (Wildman–Crippen MR) is 150 cm³/mol. The second-order valence-corrected chi connectivity index (χ2v) is 8.92. The topological polar surface area (TPSA) is 143 Å². The van der Waals surface area contributed by atoms with Crippen LogP contribution in [0.15, 0.2) is 71.3 Å². The Hall–Kier alpha value is -4.67. The van der Waals surface area contributed by atoms with Crippen LogP contribution in [0.4, 0.5) is 5.95 Å². The van der Waals surface area contributed by atoms with Crippen molar-refractivity contribution in [3.63, 3.8) is 0 Å². The number of allylic oxidation sites excluding steroid dienone is 3. The number of rotatable bonds is 12. The van der Waals surface area contributed by atoms with Gasteiger partial charge < -0.3 is 15.4 Å². The summed E-state index contributed by atoms with van der Waals surface area (Å²) < 4.78 is 5.39. The highest BCUT2D eigenvalue weighted by molar-refractivity contribution is 5.86. The number of nitrogens with one attached hydrogen (secondary N) is 3. The molecular formula is C28H33N9O2. The lowest BCUT2D eigenvalue weighted by Gasteiger charge is -2.21. The summed E-state index contributed by atoms with van der Waals surface area (Å²) in [7, 11) is 0. The lowest BCUT2D eigenvalue weighted by Crippen LogP contribution is -2.28. The average molecular weight is 528 g/mol. The summed E-state index contributed by atoms with van der Waals surface area (Å²) in [6.07, 6.45) is 13.4. The number of benzene rings is 1. The van der Waals surface area contributed by atoms with E-state index >= 15 is 0 Å². The Morgan fingerprint density at radius 2 is 1.97 bits per heavy atom. The van der Waals surface area contributed by atoms with Crippen molar-refractivity contribution in [2.24, 2.45) is 4.99 Å². The molecule has 0 aliphatic carbocycles. The number of hydrogen-bond donors (Lipinski definition) is 3. The Bertz CT molecular complexity index is 1360. The molecule has 0 radical (unpaired) electrons. The van der Waals surface area contributed by atoms with E-state index in [2.05, 4.69) is 65.3 Å². The summed E-state index contributed by atoms with van der Waals surface area (Å²) in [5.74, 6) is 2.06. The summed E-state index contributed by atoms with van der Waals surface area (Å²) in [6.45, 7) is 6.41. The molecule has 1 unspecified atom stereocenters. The number of aldehydes is 1. The zero-order chi connectivity index (χ0) is 27.5. The van der Waals surface area contributed by atoms with Crippen LogP contribution in [-0.4, -0.2) is 55.4 Å². The number of aliphatic imine (C=N–C) groups is 1. The van der Waals surface area contributed by atoms with E-state index in [1.165, 1.54) is 0 Å². The molecule has 1 aliphatic heterocycles. The van der Waals surface area contributed by atoms with Crippen LogP contribution in [0.25, 0.3) is 17.0 Å². The number of tetrazole rings is 1. The normalized spacial score (nSPS) is 15.7. The minimum Gasteiger partial charge on any atom is -0.491 e. The Labute approximate surface area is 227 Å². The van der Waals surface area contributed by atoms with Crippen molar-refractivity contribution in [3.05, 3.63) is 71.8 Å². The molecule has 3 heterocycles. The molecule has 11 nitrogen and oxygen atoms in total. The molecule has 3 aromatic rings. The van der Waals surface area contributed by atoms with Crippen LogP contribution in [-0.2, 0) is 4.79 Å². The summed E-state index contributed by atoms with van der Waals surface area (Å²) in [5, 5.41) is 21.2. The van der Waals surface area contributed by atoms with E-state index in [0.29, 0.717) is 42.0 Å². The molecule has 39 heavy (non-hydrogen) atoms. The Morgan fingerprint density at radius 1 is 1.18 bits per heavy atom. The number of amidine groups is 1. The van der Waals surface area contributed by atoms with Gasteiger partial charge >= 0.3 is 0 Å². The molecule has 0 spiro atoms. The molecule has 11 heteroatoms. The summed E-state index contributed by atoms with van der Waals surface area (Å²) in [6, 6.07) is 7.85. The van der Waals surface area contributed by atoms with Crippen molar-refractivity contribution in [1.29, 1.82) is 0 Å². The SMILES string of the molecule is CCCC/C(N/C(C)=N/c1ncc(OCC)cn1)=C(/C=O)CC1C=CC(c2ccccc2-c2nn[nH]n2)=CN1. The van der Waals surface area contributed by atoms with Gasteiger partial charge in [-0.05, 0) is 43.0 Å². The monoisotopic (exact) mass is 527 g/mol. The Balaban J connectivity index is 1.48. The van der Waals surface area contributed by atoms with Crippen molar-refractivity contribution in [1.82, 2.24) is 41.2 Å². The van der Waals surface area contributed by atoms with E-state index in [1.54, 1.807) is 12.4 Å². The van der Waals surface area contributed by atoms with Crippen LogP contribution >= 0.6 is 0 Å². The highest BCUT2D eigenvalue weighted by Gasteiger charge is 2.17. The maximum Gasteiger partial charge on any atom is 0.251 e. The van der Waals surface area contributed by atoms with Gasteiger partial charge in [0.1, 0.15) is 12.1 Å². The quantitative estimate of drug-likeness (QED) is 0.136. The largest absolute Gasteiger partial charge is 0.491 e. The predicted octanol–water partition coefficient (Wildman–Crippen LogP) is 4.30. The van der Waals surface area contributed by atoms with Gasteiger partial charge in [0.25, 0.3) is 5.95 Å². The first kappa shape index (κ1) is 27.4. The zero-order valence-electron chi connectivity index (χ0n) is 22.4. The number of carbonyl (C=O) groups excluding carboxylic acids is 1. The Morgan fingerprint density at radius 3 is 2.62 bits per heavy atom. The molecule has 0 saturated carbocycles. The number of dihydropyridines is 1. The van der Waals surface area contributed by atoms with Gasteiger partial charge in [0.15, 0.2) is 5.75 Å². The van der Waals surface area contributed by atoms with Crippen molar-refractivity contribution >= 4 is 23.6 Å². The highest BCUT2D eigenvalue weighted by Crippen LogP contribution is 2.28. The maximum atomic E-state index is 12.2. The highest BCUT2D eigenvalue weighted by atomic mass is 16.5. The van der Waals surface area contributed by atoms with E-state index in [1.807, 2.05) is 44.3 Å². The maximum absolute atomic E-state index is 12.2. The van der Waals surface area contributed by atoms with Gasteiger partial charge in [0.2, 0.25) is 5.82 Å². The fourth-order valence-corrected chi connectivity index (χ4v) is 4.16. The van der Waals surface area contributed by atoms with Crippen LogP contribution in [0.1, 0.15) is 52.0 Å². The van der Waals surface area contributed by atoms with E-state index in [-0.39, 0.29) is 6.04 Å². The average Bonchev–Trinajstić information content (AvgIpc) is 3.51. The first-order chi connectivity index (χ1) is 19.1. The third-order valence-electron chi connectivity index (χ3n) is 6.06. The lowest BCUT2D eigenvalue weighted by atomic mass is 9.95. The molecule has 0 bridgehead atoms. The number of hydrogen-bond acceptors (Lipinski definition) is 9. The number of carbonyl (C=O) groups is 1. The Kier molecular flexibility index (Phi) is 9.65. The molecule has 0 fully saturated rings. The van der Waals surface area contributed by atoms with Gasteiger partial charge in [-0.3, -0.25) is 4.79 Å². The van der Waals surface area contributed by atoms with Crippen molar-refractivity contribution in [3.8, 4) is 17.1 Å². The molecule has 2 aromatic heterocycles. The zero-order valence-corrected chi connectivity index (χ0v) is 22.4. The third kappa shape index (κ3) is 7.44. The minimum absolute atomic E-state index is 0.0450. The molecule has 3 N–H and O–H groups in total. The second-order valence-electron chi connectivity index (χ2n) is 8.92. The fraction of sp³-hybridized carbons (Fsp3) is 0.321. The second kappa shape index (κ2) is 13.8. The van der Waals surface area contributed by atoms with Crippen LogP contribution in [0.5, 0.6) is 5.75 Å². The van der Waals surface area contributed by atoms with E-state index in [0.717, 1.165) is 47.9 Å². The number of unbranched alkanes of at least 4 members (excludes halogenated alkanes) is 1. The lowest BCUT2D eigenvalue weighted by molar-refractivity contribution is -0.105. The summed E-state index contributed by atoms with van der Waals surface area (Å²) in [4.78, 5) is 25.1. The molecule has 1 atom stereocenters. The van der Waals surface area contributed by atoms with Gasteiger partial charge in [-0.1, -0.05) is 49.8 Å². The summed E-state index contributed by atoms with van der Waals surface area (Å²) >= 11 is 0. The van der Waals surface area contributed by atoms with Crippen LogP contribution in [0, 0.1) is 0 Å². The first-order valence-corrected chi connectivity index (χ1v) is 13.0. The smallest absolute Gasteiger partial charge is 0.251 e. The van der Waals surface area contributed by atoms with Crippen LogP contribution < -0.4 is 15.4 Å². The molecule has 1 aliphatic rings. The molecular weight excluding hydrogens is 494 g/mol. The molecule has 1 aromatic carbocycles. The van der Waals surface area contributed by atoms with Crippen LogP contribution in [0.2, 0.25) is 0 Å². The van der Waals surface area contributed by atoms with Gasteiger partial charge in [-0.15, -0.1) is 10.2 Å². The van der Waals surface area contributed by atoms with E-state index < -0.39 is 0 Å². The minimum atomic E-state index is -0.0450. The number of H-pyrrole nitrogens is 1. The van der Waals surface area contributed by atoms with Gasteiger partial charge in [0.05, 0.1) is 19.0 Å². The fourth-order valence-electron chi connectivity index (χ4n) is 4.16. The molecule has 0 saturated heterocycles. The number of aromatic nitrogens is 6. The van der Waals surface area contributed by atoms with Crippen LogP contribution in [0.3, 0.4) is 0 Å². The molecule has 0 amide bonds. The van der Waals surface area contributed by atoms with E-state index in [9.17, 15) is 4.79 Å². The third-order valence-corrected chi connectivity index (χ3v) is 6.06. The standard InChI is InChI=1S/C28H33N9O2/c1-4-6-11-26(32-19(3)33-28-30-16-23(17-31-28)39-5-2)21(18-38)14-22-13-12-20(15-29-22)24-9-7-8-10-25(24)27-34-36-37-35-27/h7-10,12-13,15-18,22,29H,4-6,11,14H2,1-3H3,(H,30,31,32,33)(H,34,35,36,37)/b26-21-. The molecule has 202 valence electrons. The number of aromatic amines is 1.